The van der Waals surface area contributed by atoms with Crippen LogP contribution in [-0.2, 0) is 9.59 Å². The molecule has 0 aromatic heterocycles. The number of para-hydroxylation sites is 1. The fourth-order valence-corrected chi connectivity index (χ4v) is 1.98. The first-order valence-corrected chi connectivity index (χ1v) is 5.88. The highest BCUT2D eigenvalue weighted by Crippen LogP contribution is 2.18. The maximum absolute atomic E-state index is 11.7. The number of benzene rings is 1. The molecule has 1 fully saturated rings. The predicted molar refractivity (Wildman–Crippen MR) is 64.3 cm³/mol. The quantitative estimate of drug-likeness (QED) is 0.790. The van der Waals surface area contributed by atoms with Crippen molar-refractivity contribution in [1.29, 1.82) is 0 Å². The normalized spacial score (nSPS) is 19.0. The van der Waals surface area contributed by atoms with E-state index >= 15 is 0 Å². The monoisotopic (exact) mass is 249 g/mol. The van der Waals surface area contributed by atoms with Gasteiger partial charge in [-0.15, -0.1) is 0 Å². The summed E-state index contributed by atoms with van der Waals surface area (Å²) in [6.07, 6.45) is 0.388. The zero-order valence-corrected chi connectivity index (χ0v) is 9.91. The van der Waals surface area contributed by atoms with E-state index in [9.17, 15) is 9.59 Å². The minimum atomic E-state index is -1.04. The summed E-state index contributed by atoms with van der Waals surface area (Å²) in [5, 5.41) is 8.83. The van der Waals surface area contributed by atoms with E-state index in [0.29, 0.717) is 26.1 Å². The van der Waals surface area contributed by atoms with E-state index in [1.807, 2.05) is 30.3 Å². The van der Waals surface area contributed by atoms with Crippen molar-refractivity contribution in [3.05, 3.63) is 30.3 Å². The van der Waals surface area contributed by atoms with E-state index in [-0.39, 0.29) is 5.91 Å². The molecular weight excluding hydrogens is 234 g/mol. The topological polar surface area (TPSA) is 66.8 Å². The number of carbonyl (C=O) groups excluding carboxylic acids is 1. The van der Waals surface area contributed by atoms with Gasteiger partial charge in [-0.25, -0.2) is 0 Å². The molecule has 1 amide bonds. The van der Waals surface area contributed by atoms with Crippen molar-refractivity contribution in [2.24, 2.45) is 5.92 Å². The second-order valence-corrected chi connectivity index (χ2v) is 4.17. The van der Waals surface area contributed by atoms with Crippen LogP contribution in [0.15, 0.2) is 30.3 Å². The molecule has 1 aromatic rings. The minimum Gasteiger partial charge on any atom is -0.492 e. The molecule has 1 aliphatic rings. The third-order valence-corrected chi connectivity index (χ3v) is 2.97. The van der Waals surface area contributed by atoms with Crippen molar-refractivity contribution < 1.29 is 19.4 Å². The van der Waals surface area contributed by atoms with E-state index in [1.54, 1.807) is 4.90 Å². The van der Waals surface area contributed by atoms with Gasteiger partial charge in [-0.1, -0.05) is 18.2 Å². The first-order valence-electron chi connectivity index (χ1n) is 5.88. The van der Waals surface area contributed by atoms with Crippen LogP contribution in [-0.4, -0.2) is 41.6 Å². The van der Waals surface area contributed by atoms with Crippen molar-refractivity contribution >= 4 is 11.9 Å². The fraction of sp³-hybridized carbons (Fsp3) is 0.385. The zero-order valence-electron chi connectivity index (χ0n) is 9.91. The van der Waals surface area contributed by atoms with Gasteiger partial charge in [0.15, 0.2) is 0 Å². The molecule has 1 aliphatic heterocycles. The van der Waals surface area contributed by atoms with Crippen LogP contribution in [0.3, 0.4) is 0 Å². The smallest absolute Gasteiger partial charge is 0.316 e. The highest BCUT2D eigenvalue weighted by Gasteiger charge is 2.36. The number of carbonyl (C=O) groups is 2. The Morgan fingerprint density at radius 3 is 2.72 bits per heavy atom. The summed E-state index contributed by atoms with van der Waals surface area (Å²) in [7, 11) is 0. The number of carboxylic acid groups (broad SMARTS) is 1. The first-order chi connectivity index (χ1) is 8.68. The minimum absolute atomic E-state index is 0.306. The molecule has 96 valence electrons. The predicted octanol–water partition coefficient (Wildman–Crippen LogP) is 0.998. The number of aliphatic carboxylic acids is 1. The number of hydrogen-bond donors (Lipinski definition) is 1. The molecule has 1 N–H and O–H groups in total. The number of hydrogen-bond acceptors (Lipinski definition) is 3. The van der Waals surface area contributed by atoms with Crippen LogP contribution in [0.4, 0.5) is 0 Å². The molecule has 1 aromatic carbocycles. The van der Waals surface area contributed by atoms with Crippen molar-refractivity contribution in [2.75, 3.05) is 19.7 Å². The lowest BCUT2D eigenvalue weighted by molar-refractivity contribution is -0.147. The summed E-state index contributed by atoms with van der Waals surface area (Å²) in [5.41, 5.74) is 0. The molecule has 1 unspecified atom stereocenters. The number of amides is 1. The highest BCUT2D eigenvalue weighted by atomic mass is 16.5. The highest BCUT2D eigenvalue weighted by molar-refractivity contribution is 5.98. The number of nitrogens with zero attached hydrogens (tertiary/aromatic N) is 1. The standard InChI is InChI=1S/C13H15NO4/c15-12-11(13(16)17)6-7-14(12)8-9-18-10-4-2-1-3-5-10/h1-5,11H,6-9H2,(H,16,17). The number of rotatable bonds is 5. The van der Waals surface area contributed by atoms with Crippen LogP contribution < -0.4 is 4.74 Å². The summed E-state index contributed by atoms with van der Waals surface area (Å²) in [6.45, 7) is 1.30. The van der Waals surface area contributed by atoms with Crippen molar-refractivity contribution in [3.63, 3.8) is 0 Å². The molecule has 1 atom stereocenters. The molecule has 0 radical (unpaired) electrons. The third kappa shape index (κ3) is 2.80. The van der Waals surface area contributed by atoms with Gasteiger partial charge in [0.2, 0.25) is 5.91 Å². The van der Waals surface area contributed by atoms with Crippen LogP contribution in [0.25, 0.3) is 0 Å². The van der Waals surface area contributed by atoms with Crippen molar-refractivity contribution in [1.82, 2.24) is 4.90 Å². The van der Waals surface area contributed by atoms with Gasteiger partial charge in [-0.05, 0) is 18.6 Å². The van der Waals surface area contributed by atoms with Crippen LogP contribution in [0.2, 0.25) is 0 Å². The average Bonchev–Trinajstić information content (AvgIpc) is 2.73. The van der Waals surface area contributed by atoms with Gasteiger partial charge in [-0.3, -0.25) is 9.59 Å². The van der Waals surface area contributed by atoms with E-state index in [1.165, 1.54) is 0 Å². The van der Waals surface area contributed by atoms with Gasteiger partial charge >= 0.3 is 5.97 Å². The molecule has 2 rings (SSSR count). The van der Waals surface area contributed by atoms with Gasteiger partial charge in [0.1, 0.15) is 18.3 Å². The largest absolute Gasteiger partial charge is 0.492 e. The SMILES string of the molecule is O=C(O)C1CCN(CCOc2ccccc2)C1=O. The zero-order chi connectivity index (χ0) is 13.0. The summed E-state index contributed by atoms with van der Waals surface area (Å²) in [5.74, 6) is -1.47. The lowest BCUT2D eigenvalue weighted by atomic mass is 10.1. The van der Waals surface area contributed by atoms with Crippen molar-refractivity contribution in [3.8, 4) is 5.75 Å². The van der Waals surface area contributed by atoms with E-state index in [4.69, 9.17) is 9.84 Å². The Kier molecular flexibility index (Phi) is 3.82. The fourth-order valence-electron chi connectivity index (χ4n) is 1.98. The summed E-state index contributed by atoms with van der Waals surface area (Å²) >= 11 is 0. The summed E-state index contributed by atoms with van der Waals surface area (Å²) in [6, 6.07) is 9.32. The van der Waals surface area contributed by atoms with Gasteiger partial charge < -0.3 is 14.7 Å². The second kappa shape index (κ2) is 5.53. The van der Waals surface area contributed by atoms with Crippen LogP contribution in [0.5, 0.6) is 5.75 Å². The summed E-state index contributed by atoms with van der Waals surface area (Å²) in [4.78, 5) is 24.0. The van der Waals surface area contributed by atoms with E-state index in [0.717, 1.165) is 5.75 Å². The molecule has 0 saturated carbocycles. The van der Waals surface area contributed by atoms with Crippen LogP contribution in [0.1, 0.15) is 6.42 Å². The molecule has 5 heteroatoms. The maximum Gasteiger partial charge on any atom is 0.316 e. The van der Waals surface area contributed by atoms with E-state index < -0.39 is 11.9 Å². The van der Waals surface area contributed by atoms with Gasteiger partial charge in [-0.2, -0.15) is 0 Å². The summed E-state index contributed by atoms with van der Waals surface area (Å²) < 4.78 is 5.47. The first kappa shape index (κ1) is 12.4. The van der Waals surface area contributed by atoms with Crippen molar-refractivity contribution in [2.45, 2.75) is 6.42 Å². The Morgan fingerprint density at radius 1 is 1.39 bits per heavy atom. The lowest BCUT2D eigenvalue weighted by Crippen LogP contribution is -2.33. The Hall–Kier alpha value is -2.04. The number of ether oxygens (including phenoxy) is 1. The Balaban J connectivity index is 1.78. The van der Waals surface area contributed by atoms with Gasteiger partial charge in [0.25, 0.3) is 0 Å². The number of carboxylic acids is 1. The Bertz CT molecular complexity index is 432. The Morgan fingerprint density at radius 2 is 2.11 bits per heavy atom. The maximum atomic E-state index is 11.7. The molecule has 0 bridgehead atoms. The van der Waals surface area contributed by atoms with E-state index in [2.05, 4.69) is 0 Å². The molecule has 1 saturated heterocycles. The molecule has 18 heavy (non-hydrogen) atoms. The molecule has 0 spiro atoms. The molecule has 1 heterocycles. The molecule has 5 nitrogen and oxygen atoms in total. The van der Waals surface area contributed by atoms with Crippen LogP contribution >= 0.6 is 0 Å². The lowest BCUT2D eigenvalue weighted by Gasteiger charge is -2.16. The van der Waals surface area contributed by atoms with Crippen LogP contribution in [0, 0.1) is 5.92 Å². The molecule has 0 aliphatic carbocycles. The van der Waals surface area contributed by atoms with Gasteiger partial charge in [0, 0.05) is 6.54 Å². The third-order valence-electron chi connectivity index (χ3n) is 2.97. The average molecular weight is 249 g/mol. The van der Waals surface area contributed by atoms with Gasteiger partial charge in [0.05, 0.1) is 6.54 Å². The Labute approximate surface area is 105 Å². The second-order valence-electron chi connectivity index (χ2n) is 4.17. The number of likely N-dealkylation sites (tertiary alicyclic amines) is 1. The molecular formula is C13H15NO4.